The van der Waals surface area contributed by atoms with Crippen molar-refractivity contribution in [1.82, 2.24) is 14.8 Å². The van der Waals surface area contributed by atoms with Gasteiger partial charge in [-0.15, -0.1) is 0 Å². The zero-order chi connectivity index (χ0) is 20.3. The first-order valence-corrected chi connectivity index (χ1v) is 9.61. The van der Waals surface area contributed by atoms with Gasteiger partial charge in [-0.1, -0.05) is 19.0 Å². The van der Waals surface area contributed by atoms with E-state index in [1.807, 2.05) is 20.8 Å². The van der Waals surface area contributed by atoms with Gasteiger partial charge in [-0.2, -0.15) is 0 Å². The standard InChI is InChI=1S/C20H34N4O3/c1-6-23(7-2)12-8-9-13-24(19(25)27-20(3,4)5)16-18-14-17(15-22-26)10-11-21-18/h10-11,14-15,26H,6-9,12-13,16H2,1-5H3. The molecule has 0 saturated carbocycles. The van der Waals surface area contributed by atoms with Crippen LogP contribution in [0, 0.1) is 0 Å². The van der Waals surface area contributed by atoms with Crippen LogP contribution in [0.3, 0.4) is 0 Å². The molecule has 7 heteroatoms. The van der Waals surface area contributed by atoms with Gasteiger partial charge in [-0.05, 0) is 70.9 Å². The van der Waals surface area contributed by atoms with E-state index in [4.69, 9.17) is 9.94 Å². The maximum Gasteiger partial charge on any atom is 0.410 e. The molecule has 0 aliphatic rings. The number of unbranched alkanes of at least 4 members (excludes halogenated alkanes) is 1. The zero-order valence-electron chi connectivity index (χ0n) is 17.3. The highest BCUT2D eigenvalue weighted by Crippen LogP contribution is 2.13. The number of aromatic nitrogens is 1. The van der Waals surface area contributed by atoms with Crippen molar-refractivity contribution in [3.05, 3.63) is 29.6 Å². The molecule has 0 bridgehead atoms. The van der Waals surface area contributed by atoms with Crippen LogP contribution in [0.5, 0.6) is 0 Å². The summed E-state index contributed by atoms with van der Waals surface area (Å²) >= 11 is 0. The second kappa shape index (κ2) is 11.5. The summed E-state index contributed by atoms with van der Waals surface area (Å²) in [4.78, 5) is 21.0. The lowest BCUT2D eigenvalue weighted by Gasteiger charge is -2.27. The van der Waals surface area contributed by atoms with Crippen molar-refractivity contribution in [2.75, 3.05) is 26.2 Å². The minimum Gasteiger partial charge on any atom is -0.444 e. The fourth-order valence-electron chi connectivity index (χ4n) is 2.67. The smallest absolute Gasteiger partial charge is 0.410 e. The van der Waals surface area contributed by atoms with Crippen molar-refractivity contribution < 1.29 is 14.7 Å². The summed E-state index contributed by atoms with van der Waals surface area (Å²) in [5.74, 6) is 0. The fourth-order valence-corrected chi connectivity index (χ4v) is 2.67. The molecule has 0 spiro atoms. The third-order valence-electron chi connectivity index (χ3n) is 4.10. The number of rotatable bonds is 10. The molecule has 27 heavy (non-hydrogen) atoms. The molecule has 0 radical (unpaired) electrons. The van der Waals surface area contributed by atoms with E-state index < -0.39 is 5.60 Å². The van der Waals surface area contributed by atoms with E-state index >= 15 is 0 Å². The van der Waals surface area contributed by atoms with Crippen LogP contribution in [0.25, 0.3) is 0 Å². The predicted octanol–water partition coefficient (Wildman–Crippen LogP) is 3.75. The molecule has 1 aromatic heterocycles. The zero-order valence-corrected chi connectivity index (χ0v) is 17.3. The largest absolute Gasteiger partial charge is 0.444 e. The molecule has 0 saturated heterocycles. The lowest BCUT2D eigenvalue weighted by atomic mass is 10.2. The van der Waals surface area contributed by atoms with Crippen LogP contribution in [-0.2, 0) is 11.3 Å². The molecule has 0 aliphatic carbocycles. The Balaban J connectivity index is 2.75. The van der Waals surface area contributed by atoms with Crippen LogP contribution in [-0.4, -0.2) is 64.1 Å². The van der Waals surface area contributed by atoms with Crippen LogP contribution in [0.4, 0.5) is 4.79 Å². The number of pyridine rings is 1. The molecular weight excluding hydrogens is 344 g/mol. The number of carbonyl (C=O) groups excluding carboxylic acids is 1. The average Bonchev–Trinajstić information content (AvgIpc) is 2.60. The van der Waals surface area contributed by atoms with Gasteiger partial charge in [0.25, 0.3) is 0 Å². The molecule has 1 aromatic rings. The van der Waals surface area contributed by atoms with Crippen molar-refractivity contribution in [1.29, 1.82) is 0 Å². The van der Waals surface area contributed by atoms with Crippen LogP contribution >= 0.6 is 0 Å². The topological polar surface area (TPSA) is 78.3 Å². The second-order valence-corrected chi connectivity index (χ2v) is 7.46. The van der Waals surface area contributed by atoms with Gasteiger partial charge < -0.3 is 19.7 Å². The molecule has 1 rings (SSSR count). The van der Waals surface area contributed by atoms with Crippen molar-refractivity contribution >= 4 is 12.3 Å². The quantitative estimate of drug-likeness (QED) is 0.290. The van der Waals surface area contributed by atoms with Crippen molar-refractivity contribution in [3.63, 3.8) is 0 Å². The number of amides is 1. The Morgan fingerprint density at radius 3 is 2.52 bits per heavy atom. The maximum atomic E-state index is 12.6. The fraction of sp³-hybridized carbons (Fsp3) is 0.650. The monoisotopic (exact) mass is 378 g/mol. The predicted molar refractivity (Wildman–Crippen MR) is 107 cm³/mol. The number of ether oxygens (including phenoxy) is 1. The number of hydrogen-bond donors (Lipinski definition) is 1. The first kappa shape index (κ1) is 22.9. The van der Waals surface area contributed by atoms with Gasteiger partial charge >= 0.3 is 6.09 Å². The summed E-state index contributed by atoms with van der Waals surface area (Å²) in [7, 11) is 0. The minimum absolute atomic E-state index is 0.339. The van der Waals surface area contributed by atoms with Gasteiger partial charge in [-0.25, -0.2) is 4.79 Å². The van der Waals surface area contributed by atoms with Crippen LogP contribution in [0.1, 0.15) is 58.7 Å². The Bertz CT molecular complexity index is 595. The third-order valence-corrected chi connectivity index (χ3v) is 4.10. The van der Waals surface area contributed by atoms with Crippen LogP contribution < -0.4 is 0 Å². The van der Waals surface area contributed by atoms with Crippen molar-refractivity contribution in [3.8, 4) is 0 Å². The number of oxime groups is 1. The highest BCUT2D eigenvalue weighted by molar-refractivity contribution is 5.78. The lowest BCUT2D eigenvalue weighted by molar-refractivity contribution is 0.0227. The van der Waals surface area contributed by atoms with Gasteiger partial charge in [0.2, 0.25) is 0 Å². The highest BCUT2D eigenvalue weighted by atomic mass is 16.6. The Morgan fingerprint density at radius 2 is 1.93 bits per heavy atom. The first-order chi connectivity index (χ1) is 12.8. The van der Waals surface area contributed by atoms with E-state index in [1.54, 1.807) is 23.2 Å². The Labute approximate surface area is 163 Å². The SMILES string of the molecule is CCN(CC)CCCCN(Cc1cc(C=NO)ccn1)C(=O)OC(C)(C)C. The summed E-state index contributed by atoms with van der Waals surface area (Å²) in [6, 6.07) is 3.54. The van der Waals surface area contributed by atoms with E-state index in [-0.39, 0.29) is 6.09 Å². The molecule has 1 N–H and O–H groups in total. The summed E-state index contributed by atoms with van der Waals surface area (Å²) < 4.78 is 5.55. The van der Waals surface area contributed by atoms with Crippen LogP contribution in [0.15, 0.2) is 23.5 Å². The normalized spacial score (nSPS) is 11.9. The van der Waals surface area contributed by atoms with E-state index in [9.17, 15) is 4.79 Å². The highest BCUT2D eigenvalue weighted by Gasteiger charge is 2.22. The van der Waals surface area contributed by atoms with Gasteiger partial charge in [0.15, 0.2) is 0 Å². The molecule has 7 nitrogen and oxygen atoms in total. The van der Waals surface area contributed by atoms with Gasteiger partial charge in [0.05, 0.1) is 18.5 Å². The molecule has 1 amide bonds. The maximum absolute atomic E-state index is 12.6. The Hall–Kier alpha value is -2.15. The Kier molecular flexibility index (Phi) is 9.78. The lowest BCUT2D eigenvalue weighted by Crippen LogP contribution is -2.37. The molecule has 0 aliphatic heterocycles. The molecule has 0 fully saturated rings. The molecule has 152 valence electrons. The van der Waals surface area contributed by atoms with E-state index in [2.05, 4.69) is 28.9 Å². The summed E-state index contributed by atoms with van der Waals surface area (Å²) in [6.07, 6.45) is 4.56. The summed E-state index contributed by atoms with van der Waals surface area (Å²) in [6.45, 7) is 14.0. The molecule has 0 atom stereocenters. The van der Waals surface area contributed by atoms with Crippen LogP contribution in [0.2, 0.25) is 0 Å². The first-order valence-electron chi connectivity index (χ1n) is 9.61. The van der Waals surface area contributed by atoms with E-state index in [0.717, 1.165) is 43.7 Å². The second-order valence-electron chi connectivity index (χ2n) is 7.46. The van der Waals surface area contributed by atoms with Gasteiger partial charge in [0, 0.05) is 12.7 Å². The van der Waals surface area contributed by atoms with E-state index in [1.165, 1.54) is 6.21 Å². The molecule has 1 heterocycles. The van der Waals surface area contributed by atoms with Gasteiger partial charge in [-0.3, -0.25) is 4.98 Å². The minimum atomic E-state index is -0.546. The average molecular weight is 379 g/mol. The molecule has 0 aromatic carbocycles. The van der Waals surface area contributed by atoms with Crippen molar-refractivity contribution in [2.24, 2.45) is 5.16 Å². The third kappa shape index (κ3) is 9.38. The van der Waals surface area contributed by atoms with Gasteiger partial charge in [0.1, 0.15) is 5.60 Å². The number of hydrogen-bond acceptors (Lipinski definition) is 6. The summed E-state index contributed by atoms with van der Waals surface area (Å²) in [5, 5.41) is 11.7. The molecule has 0 unspecified atom stereocenters. The summed E-state index contributed by atoms with van der Waals surface area (Å²) in [5.41, 5.74) is 0.908. The molecular formula is C20H34N4O3. The number of nitrogens with zero attached hydrogens (tertiary/aromatic N) is 4. The Morgan fingerprint density at radius 1 is 1.26 bits per heavy atom. The van der Waals surface area contributed by atoms with Crippen molar-refractivity contribution in [2.45, 2.75) is 59.6 Å². The number of carbonyl (C=O) groups is 1. The van der Waals surface area contributed by atoms with E-state index in [0.29, 0.717) is 13.1 Å².